The van der Waals surface area contributed by atoms with E-state index in [1.807, 2.05) is 48.9 Å². The van der Waals surface area contributed by atoms with Crippen molar-refractivity contribution in [1.29, 1.82) is 0 Å². The average molecular weight is 328 g/mol. The summed E-state index contributed by atoms with van der Waals surface area (Å²) in [6.07, 6.45) is -0.381. The van der Waals surface area contributed by atoms with Crippen LogP contribution in [0, 0.1) is 19.8 Å². The maximum Gasteiger partial charge on any atom is 0.251 e. The van der Waals surface area contributed by atoms with Crippen LogP contribution in [0.3, 0.4) is 0 Å². The van der Waals surface area contributed by atoms with Gasteiger partial charge in [0.15, 0.2) is 0 Å². The third-order valence-corrected chi connectivity index (χ3v) is 4.48. The summed E-state index contributed by atoms with van der Waals surface area (Å²) in [6.45, 7) is 6.54. The van der Waals surface area contributed by atoms with Crippen LogP contribution in [0.25, 0.3) is 0 Å². The molecule has 0 aliphatic carbocycles. The van der Waals surface area contributed by atoms with Gasteiger partial charge in [0.1, 0.15) is 0 Å². The van der Waals surface area contributed by atoms with Gasteiger partial charge in [0.05, 0.1) is 18.3 Å². The molecule has 24 heavy (non-hydrogen) atoms. The molecule has 2 heterocycles. The van der Waals surface area contributed by atoms with E-state index in [0.717, 1.165) is 23.5 Å². The Bertz CT molecular complexity index is 708. The Morgan fingerprint density at radius 3 is 2.67 bits per heavy atom. The fourth-order valence-corrected chi connectivity index (χ4v) is 3.02. The Labute approximate surface area is 141 Å². The number of carbonyl (C=O) groups excluding carboxylic acids is 1. The Kier molecular flexibility index (Phi) is 4.97. The van der Waals surface area contributed by atoms with Crippen molar-refractivity contribution in [2.24, 2.45) is 5.92 Å². The molecule has 2 aromatic rings. The number of aliphatic hydroxyl groups is 1. The maximum atomic E-state index is 12.2. The topological polar surface area (TPSA) is 79.2 Å². The zero-order valence-corrected chi connectivity index (χ0v) is 14.1. The number of aromatic nitrogens is 2. The van der Waals surface area contributed by atoms with Gasteiger partial charge in [-0.1, -0.05) is 12.1 Å². The number of amides is 1. The number of hydrogen-bond donors (Lipinski definition) is 3. The molecule has 3 rings (SSSR count). The fraction of sp³-hybridized carbons (Fsp3) is 0.444. The number of aryl methyl sites for hydroxylation is 2. The Balaban J connectivity index is 1.57. The van der Waals surface area contributed by atoms with Gasteiger partial charge in [-0.2, -0.15) is 5.10 Å². The van der Waals surface area contributed by atoms with Gasteiger partial charge in [-0.25, -0.2) is 0 Å². The number of rotatable bonds is 5. The highest BCUT2D eigenvalue weighted by Gasteiger charge is 2.25. The van der Waals surface area contributed by atoms with Crippen LogP contribution in [-0.4, -0.2) is 46.5 Å². The summed E-state index contributed by atoms with van der Waals surface area (Å²) in [6, 6.07) is 9.63. The van der Waals surface area contributed by atoms with Crippen molar-refractivity contribution in [2.45, 2.75) is 26.5 Å². The standard InChI is InChI=1S/C18H24N4O2/c1-12-7-13(2)22(21-12)11-14-3-5-15(6-4-14)18(24)20-9-16-8-19-10-17(16)23/h3-7,16-17,19,23H,8-11H2,1-2H3,(H,20,24). The number of nitrogens with zero attached hydrogens (tertiary/aromatic N) is 2. The van der Waals surface area contributed by atoms with Gasteiger partial charge in [-0.3, -0.25) is 9.48 Å². The van der Waals surface area contributed by atoms with E-state index >= 15 is 0 Å². The predicted molar refractivity (Wildman–Crippen MR) is 91.9 cm³/mol. The number of hydrogen-bond acceptors (Lipinski definition) is 4. The van der Waals surface area contributed by atoms with Gasteiger partial charge in [-0.05, 0) is 37.6 Å². The van der Waals surface area contributed by atoms with E-state index in [1.54, 1.807) is 0 Å². The summed E-state index contributed by atoms with van der Waals surface area (Å²) >= 11 is 0. The minimum absolute atomic E-state index is 0.0826. The van der Waals surface area contributed by atoms with Crippen molar-refractivity contribution in [2.75, 3.05) is 19.6 Å². The van der Waals surface area contributed by atoms with Crippen LogP contribution >= 0.6 is 0 Å². The Morgan fingerprint density at radius 2 is 2.08 bits per heavy atom. The maximum absolute atomic E-state index is 12.2. The van der Waals surface area contributed by atoms with Crippen LogP contribution in [0.4, 0.5) is 0 Å². The number of β-amino-alcohol motifs (C(OH)–C–C–N with tert-alkyl or cyclic N) is 1. The fourth-order valence-electron chi connectivity index (χ4n) is 3.02. The molecule has 1 fully saturated rings. The first-order valence-electron chi connectivity index (χ1n) is 8.30. The van der Waals surface area contributed by atoms with Crippen LogP contribution in [0.15, 0.2) is 30.3 Å². The van der Waals surface area contributed by atoms with Crippen LogP contribution in [-0.2, 0) is 6.54 Å². The first kappa shape index (κ1) is 16.7. The van der Waals surface area contributed by atoms with Crippen molar-refractivity contribution in [3.63, 3.8) is 0 Å². The van der Waals surface area contributed by atoms with Gasteiger partial charge in [0, 0.05) is 36.8 Å². The van der Waals surface area contributed by atoms with Crippen LogP contribution in [0.5, 0.6) is 0 Å². The molecule has 0 radical (unpaired) electrons. The molecular formula is C18H24N4O2. The summed E-state index contributed by atoms with van der Waals surface area (Å²) in [4.78, 5) is 12.2. The van der Waals surface area contributed by atoms with E-state index in [2.05, 4.69) is 15.7 Å². The molecule has 3 N–H and O–H groups in total. The minimum Gasteiger partial charge on any atom is -0.391 e. The highest BCUT2D eigenvalue weighted by molar-refractivity contribution is 5.94. The van der Waals surface area contributed by atoms with Gasteiger partial charge in [0.25, 0.3) is 5.91 Å². The van der Waals surface area contributed by atoms with Crippen LogP contribution in [0.2, 0.25) is 0 Å². The van der Waals surface area contributed by atoms with E-state index in [1.165, 1.54) is 0 Å². The van der Waals surface area contributed by atoms with Gasteiger partial charge >= 0.3 is 0 Å². The molecule has 1 amide bonds. The lowest BCUT2D eigenvalue weighted by Gasteiger charge is -2.14. The lowest BCUT2D eigenvalue weighted by Crippen LogP contribution is -2.34. The summed E-state index contributed by atoms with van der Waals surface area (Å²) < 4.78 is 1.96. The molecule has 2 atom stereocenters. The second-order valence-corrected chi connectivity index (χ2v) is 6.48. The molecule has 6 heteroatoms. The van der Waals surface area contributed by atoms with Crippen molar-refractivity contribution >= 4 is 5.91 Å². The SMILES string of the molecule is Cc1cc(C)n(Cc2ccc(C(=O)NCC3CNCC3O)cc2)n1. The van der Waals surface area contributed by atoms with Crippen molar-refractivity contribution in [1.82, 2.24) is 20.4 Å². The molecule has 1 aromatic heterocycles. The molecule has 1 saturated heterocycles. The summed E-state index contributed by atoms with van der Waals surface area (Å²) in [5.74, 6) is -0.0222. The van der Waals surface area contributed by atoms with E-state index in [-0.39, 0.29) is 17.9 Å². The van der Waals surface area contributed by atoms with Crippen LogP contribution < -0.4 is 10.6 Å². The molecule has 0 bridgehead atoms. The highest BCUT2D eigenvalue weighted by atomic mass is 16.3. The molecule has 6 nitrogen and oxygen atoms in total. The summed E-state index contributed by atoms with van der Waals surface area (Å²) in [7, 11) is 0. The van der Waals surface area contributed by atoms with Gasteiger partial charge < -0.3 is 15.7 Å². The zero-order chi connectivity index (χ0) is 17.1. The molecule has 1 aliphatic heterocycles. The number of nitrogens with one attached hydrogen (secondary N) is 2. The summed E-state index contributed by atoms with van der Waals surface area (Å²) in [5, 5.41) is 20.2. The largest absolute Gasteiger partial charge is 0.391 e. The molecular weight excluding hydrogens is 304 g/mol. The lowest BCUT2D eigenvalue weighted by atomic mass is 10.1. The predicted octanol–water partition coefficient (Wildman–Crippen LogP) is 0.858. The summed E-state index contributed by atoms with van der Waals surface area (Å²) in [5.41, 5.74) is 3.87. The molecule has 0 spiro atoms. The minimum atomic E-state index is -0.381. The average Bonchev–Trinajstić information content (AvgIpc) is 3.11. The van der Waals surface area contributed by atoms with Crippen LogP contribution in [0.1, 0.15) is 27.3 Å². The van der Waals surface area contributed by atoms with E-state index in [0.29, 0.717) is 25.2 Å². The molecule has 1 aliphatic rings. The normalized spacial score (nSPS) is 20.3. The Morgan fingerprint density at radius 1 is 1.33 bits per heavy atom. The van der Waals surface area contributed by atoms with E-state index < -0.39 is 0 Å². The van der Waals surface area contributed by atoms with Crippen molar-refractivity contribution in [3.05, 3.63) is 52.8 Å². The molecule has 128 valence electrons. The second kappa shape index (κ2) is 7.15. The third-order valence-electron chi connectivity index (χ3n) is 4.48. The first-order valence-corrected chi connectivity index (χ1v) is 8.30. The number of aliphatic hydroxyl groups excluding tert-OH is 1. The van der Waals surface area contributed by atoms with Crippen molar-refractivity contribution < 1.29 is 9.90 Å². The molecule has 0 saturated carbocycles. The Hall–Kier alpha value is -2.18. The molecule has 1 aromatic carbocycles. The quantitative estimate of drug-likeness (QED) is 0.761. The van der Waals surface area contributed by atoms with Gasteiger partial charge in [0.2, 0.25) is 0 Å². The zero-order valence-electron chi connectivity index (χ0n) is 14.1. The smallest absolute Gasteiger partial charge is 0.251 e. The van der Waals surface area contributed by atoms with Gasteiger partial charge in [-0.15, -0.1) is 0 Å². The van der Waals surface area contributed by atoms with Crippen molar-refractivity contribution in [3.8, 4) is 0 Å². The number of benzene rings is 1. The van der Waals surface area contributed by atoms with E-state index in [4.69, 9.17) is 0 Å². The molecule has 2 unspecified atom stereocenters. The lowest BCUT2D eigenvalue weighted by molar-refractivity contribution is 0.0927. The third kappa shape index (κ3) is 3.83. The second-order valence-electron chi connectivity index (χ2n) is 6.48. The van der Waals surface area contributed by atoms with E-state index in [9.17, 15) is 9.90 Å². The monoisotopic (exact) mass is 328 g/mol. The number of carbonyl (C=O) groups is 1. The first-order chi connectivity index (χ1) is 11.5. The highest BCUT2D eigenvalue weighted by Crippen LogP contribution is 2.10.